The Morgan fingerprint density at radius 3 is 3.00 bits per heavy atom. The molecule has 0 aromatic carbocycles. The van der Waals surface area contributed by atoms with Crippen LogP contribution < -0.4 is 0 Å². The summed E-state index contributed by atoms with van der Waals surface area (Å²) in [6, 6.07) is 0. The van der Waals surface area contributed by atoms with E-state index in [-0.39, 0.29) is 6.67 Å². The van der Waals surface area contributed by atoms with Gasteiger partial charge in [0, 0.05) is 0 Å². The summed E-state index contributed by atoms with van der Waals surface area (Å²) >= 11 is 0. The van der Waals surface area contributed by atoms with Crippen LogP contribution in [0.25, 0.3) is 0 Å². The highest BCUT2D eigenvalue weighted by molar-refractivity contribution is 5.06. The van der Waals surface area contributed by atoms with Crippen LogP contribution in [0, 0.1) is 0 Å². The van der Waals surface area contributed by atoms with E-state index in [1.807, 2.05) is 0 Å². The molecule has 0 atom stereocenters. The van der Waals surface area contributed by atoms with E-state index in [4.69, 9.17) is 0 Å². The molecule has 0 bridgehead atoms. The highest BCUT2D eigenvalue weighted by atomic mass is 19.1. The van der Waals surface area contributed by atoms with Crippen molar-refractivity contribution in [2.24, 2.45) is 0 Å². The van der Waals surface area contributed by atoms with E-state index in [1.165, 1.54) is 18.4 Å². The Morgan fingerprint density at radius 1 is 1.62 bits per heavy atom. The zero-order chi connectivity index (χ0) is 5.82. The standard InChI is InChI=1S/C7H11F/c8-6-5-7-3-1-2-4-7/h3H,1-2,4-6H2. The Bertz CT molecular complexity index is 94.6. The third-order valence-corrected chi connectivity index (χ3v) is 1.55. The van der Waals surface area contributed by atoms with Gasteiger partial charge in [0.2, 0.25) is 0 Å². The second-order valence-corrected chi connectivity index (χ2v) is 2.19. The van der Waals surface area contributed by atoms with E-state index in [0.29, 0.717) is 6.42 Å². The third-order valence-electron chi connectivity index (χ3n) is 1.55. The largest absolute Gasteiger partial charge is 0.251 e. The van der Waals surface area contributed by atoms with Gasteiger partial charge in [-0.2, -0.15) is 0 Å². The molecular weight excluding hydrogens is 103 g/mol. The van der Waals surface area contributed by atoms with Gasteiger partial charge >= 0.3 is 0 Å². The normalized spacial score (nSPS) is 18.9. The number of alkyl halides is 1. The van der Waals surface area contributed by atoms with Crippen LogP contribution in [0.2, 0.25) is 0 Å². The van der Waals surface area contributed by atoms with Gasteiger partial charge in [-0.05, 0) is 25.7 Å². The molecule has 0 aromatic rings. The number of hydrogen-bond donors (Lipinski definition) is 0. The maximum Gasteiger partial charge on any atom is 0.0931 e. The van der Waals surface area contributed by atoms with Crippen molar-refractivity contribution in [3.05, 3.63) is 11.6 Å². The smallest absolute Gasteiger partial charge is 0.0931 e. The van der Waals surface area contributed by atoms with Crippen LogP contribution in [-0.2, 0) is 0 Å². The summed E-state index contributed by atoms with van der Waals surface area (Å²) in [6.45, 7) is -0.175. The molecule has 0 saturated heterocycles. The van der Waals surface area contributed by atoms with E-state index in [2.05, 4.69) is 6.08 Å². The maximum atomic E-state index is 11.6. The first-order valence-corrected chi connectivity index (χ1v) is 3.17. The Labute approximate surface area is 49.4 Å². The lowest BCUT2D eigenvalue weighted by Crippen LogP contribution is -1.78. The number of allylic oxidation sites excluding steroid dienone is 2. The quantitative estimate of drug-likeness (QED) is 0.484. The fourth-order valence-corrected chi connectivity index (χ4v) is 1.09. The number of rotatable bonds is 2. The van der Waals surface area contributed by atoms with Crippen molar-refractivity contribution in [3.63, 3.8) is 0 Å². The molecule has 0 fully saturated rings. The van der Waals surface area contributed by atoms with Crippen LogP contribution >= 0.6 is 0 Å². The number of hydrogen-bond acceptors (Lipinski definition) is 0. The average molecular weight is 114 g/mol. The minimum Gasteiger partial charge on any atom is -0.251 e. The fraction of sp³-hybridized carbons (Fsp3) is 0.714. The minimum atomic E-state index is -0.175. The zero-order valence-electron chi connectivity index (χ0n) is 4.99. The summed E-state index contributed by atoms with van der Waals surface area (Å²) in [5.41, 5.74) is 1.33. The highest BCUT2D eigenvalue weighted by Gasteiger charge is 2.02. The van der Waals surface area contributed by atoms with Gasteiger partial charge in [-0.1, -0.05) is 11.6 Å². The lowest BCUT2D eigenvalue weighted by Gasteiger charge is -1.92. The van der Waals surface area contributed by atoms with Gasteiger partial charge in [0.05, 0.1) is 6.67 Å². The van der Waals surface area contributed by atoms with Gasteiger partial charge < -0.3 is 0 Å². The summed E-state index contributed by atoms with van der Waals surface area (Å²) in [4.78, 5) is 0. The van der Waals surface area contributed by atoms with Crippen LogP contribution in [0.4, 0.5) is 4.39 Å². The predicted molar refractivity (Wildman–Crippen MR) is 32.5 cm³/mol. The van der Waals surface area contributed by atoms with E-state index >= 15 is 0 Å². The van der Waals surface area contributed by atoms with Crippen molar-refractivity contribution in [1.82, 2.24) is 0 Å². The lowest BCUT2D eigenvalue weighted by atomic mass is 10.2. The molecule has 8 heavy (non-hydrogen) atoms. The molecule has 0 spiro atoms. The minimum absolute atomic E-state index is 0.175. The summed E-state index contributed by atoms with van der Waals surface area (Å²) in [5, 5.41) is 0. The van der Waals surface area contributed by atoms with Crippen LogP contribution in [-0.4, -0.2) is 6.67 Å². The van der Waals surface area contributed by atoms with Crippen LogP contribution in [0.5, 0.6) is 0 Å². The summed E-state index contributed by atoms with van der Waals surface area (Å²) in [5.74, 6) is 0. The average Bonchev–Trinajstić information content (AvgIpc) is 2.19. The summed E-state index contributed by atoms with van der Waals surface area (Å²) < 4.78 is 11.6. The highest BCUT2D eigenvalue weighted by Crippen LogP contribution is 2.19. The first-order chi connectivity index (χ1) is 3.93. The molecule has 0 saturated carbocycles. The molecule has 0 unspecified atom stereocenters. The summed E-state index contributed by atoms with van der Waals surface area (Å²) in [7, 11) is 0. The van der Waals surface area contributed by atoms with Crippen LogP contribution in [0.15, 0.2) is 11.6 Å². The summed E-state index contributed by atoms with van der Waals surface area (Å²) in [6.07, 6.45) is 6.41. The van der Waals surface area contributed by atoms with Crippen LogP contribution in [0.3, 0.4) is 0 Å². The Hall–Kier alpha value is -0.330. The molecule has 0 aliphatic heterocycles. The molecule has 0 N–H and O–H groups in total. The molecule has 1 aliphatic rings. The second kappa shape index (κ2) is 2.85. The SMILES string of the molecule is FCCC1=CCCC1. The van der Waals surface area contributed by atoms with Gasteiger partial charge in [0.1, 0.15) is 0 Å². The monoisotopic (exact) mass is 114 g/mol. The van der Waals surface area contributed by atoms with Gasteiger partial charge in [0.25, 0.3) is 0 Å². The topological polar surface area (TPSA) is 0 Å². The molecule has 1 heteroatoms. The van der Waals surface area contributed by atoms with Crippen molar-refractivity contribution in [1.29, 1.82) is 0 Å². The van der Waals surface area contributed by atoms with E-state index < -0.39 is 0 Å². The maximum absolute atomic E-state index is 11.6. The first kappa shape index (κ1) is 5.80. The van der Waals surface area contributed by atoms with Crippen molar-refractivity contribution >= 4 is 0 Å². The number of halogens is 1. The Balaban J connectivity index is 2.23. The van der Waals surface area contributed by atoms with E-state index in [9.17, 15) is 4.39 Å². The molecule has 0 heterocycles. The first-order valence-electron chi connectivity index (χ1n) is 3.17. The van der Waals surface area contributed by atoms with Crippen LogP contribution in [0.1, 0.15) is 25.7 Å². The van der Waals surface area contributed by atoms with Gasteiger partial charge in [-0.15, -0.1) is 0 Å². The molecule has 46 valence electrons. The van der Waals surface area contributed by atoms with Gasteiger partial charge in [-0.25, -0.2) is 0 Å². The van der Waals surface area contributed by atoms with E-state index in [0.717, 1.165) is 6.42 Å². The second-order valence-electron chi connectivity index (χ2n) is 2.19. The fourth-order valence-electron chi connectivity index (χ4n) is 1.09. The van der Waals surface area contributed by atoms with E-state index in [1.54, 1.807) is 0 Å². The molecule has 1 aliphatic carbocycles. The molecule has 0 radical (unpaired) electrons. The van der Waals surface area contributed by atoms with Gasteiger partial charge in [0.15, 0.2) is 0 Å². The molecule has 0 nitrogen and oxygen atoms in total. The predicted octanol–water partition coefficient (Wildman–Crippen LogP) is 2.46. The molecule has 0 aromatic heterocycles. The van der Waals surface area contributed by atoms with Crippen molar-refractivity contribution in [2.45, 2.75) is 25.7 Å². The van der Waals surface area contributed by atoms with Crippen molar-refractivity contribution < 1.29 is 4.39 Å². The lowest BCUT2D eigenvalue weighted by molar-refractivity contribution is 0.491. The zero-order valence-corrected chi connectivity index (χ0v) is 4.99. The Morgan fingerprint density at radius 2 is 2.50 bits per heavy atom. The van der Waals surface area contributed by atoms with Crippen molar-refractivity contribution in [3.8, 4) is 0 Å². The third kappa shape index (κ3) is 1.32. The van der Waals surface area contributed by atoms with Gasteiger partial charge in [-0.3, -0.25) is 4.39 Å². The van der Waals surface area contributed by atoms with Crippen molar-refractivity contribution in [2.75, 3.05) is 6.67 Å². The molecular formula is C7H11F. The molecule has 0 amide bonds. The molecule has 1 rings (SSSR count). The Kier molecular flexibility index (Phi) is 2.07.